The van der Waals surface area contributed by atoms with Crippen molar-refractivity contribution in [3.05, 3.63) is 18.3 Å². The highest BCUT2D eigenvalue weighted by molar-refractivity contribution is 7.92. The molecule has 1 aromatic rings. The third-order valence-corrected chi connectivity index (χ3v) is 7.73. The van der Waals surface area contributed by atoms with Crippen molar-refractivity contribution in [3.63, 3.8) is 0 Å². The van der Waals surface area contributed by atoms with Crippen LogP contribution in [0.2, 0.25) is 0 Å². The summed E-state index contributed by atoms with van der Waals surface area (Å²) in [6.45, 7) is 10.4. The summed E-state index contributed by atoms with van der Waals surface area (Å²) < 4.78 is 29.1. The molecule has 1 aliphatic heterocycles. The molecule has 1 saturated heterocycles. The summed E-state index contributed by atoms with van der Waals surface area (Å²) in [6.07, 6.45) is 3.54. The highest BCUT2D eigenvalue weighted by Crippen LogP contribution is 2.36. The van der Waals surface area contributed by atoms with Gasteiger partial charge in [-0.1, -0.05) is 0 Å². The lowest BCUT2D eigenvalue weighted by molar-refractivity contribution is -0.154. The van der Waals surface area contributed by atoms with Gasteiger partial charge in [0.1, 0.15) is 0 Å². The van der Waals surface area contributed by atoms with E-state index in [0.717, 1.165) is 31.6 Å². The van der Waals surface area contributed by atoms with Crippen molar-refractivity contribution in [2.45, 2.75) is 57.2 Å². The topological polar surface area (TPSA) is 76.6 Å². The number of ether oxygens (including phenoxy) is 1. The van der Waals surface area contributed by atoms with E-state index in [1.54, 1.807) is 39.1 Å². The third kappa shape index (κ3) is 3.87. The SMILES string of the molecule is COC(=O)C(C)(C)C1CCCN(c2ccc(S(=O)(=O)C(C)(C)C)nc2)C1. The van der Waals surface area contributed by atoms with Crippen LogP contribution in [0.15, 0.2) is 23.4 Å². The Kier molecular flexibility index (Phi) is 5.71. The number of rotatable bonds is 4. The second kappa shape index (κ2) is 7.18. The minimum absolute atomic E-state index is 0.0946. The van der Waals surface area contributed by atoms with Gasteiger partial charge in [0.15, 0.2) is 14.9 Å². The van der Waals surface area contributed by atoms with Gasteiger partial charge in [-0.05, 0) is 65.5 Å². The lowest BCUT2D eigenvalue weighted by Gasteiger charge is -2.40. The maximum Gasteiger partial charge on any atom is 0.311 e. The molecule has 0 bridgehead atoms. The molecule has 1 aromatic heterocycles. The number of hydrogen-bond acceptors (Lipinski definition) is 6. The Labute approximate surface area is 156 Å². The van der Waals surface area contributed by atoms with Crippen molar-refractivity contribution in [3.8, 4) is 0 Å². The number of pyridine rings is 1. The molecule has 26 heavy (non-hydrogen) atoms. The number of piperidine rings is 1. The highest BCUT2D eigenvalue weighted by atomic mass is 32.2. The molecule has 0 aliphatic carbocycles. The average Bonchev–Trinajstić information content (AvgIpc) is 2.60. The van der Waals surface area contributed by atoms with E-state index in [9.17, 15) is 13.2 Å². The zero-order chi connectivity index (χ0) is 19.8. The molecular weight excluding hydrogens is 352 g/mol. The Balaban J connectivity index is 2.21. The maximum absolute atomic E-state index is 12.5. The molecule has 1 atom stereocenters. The van der Waals surface area contributed by atoms with Crippen LogP contribution in [0.25, 0.3) is 0 Å². The Morgan fingerprint density at radius 2 is 1.88 bits per heavy atom. The van der Waals surface area contributed by atoms with Crippen LogP contribution in [0.3, 0.4) is 0 Å². The largest absolute Gasteiger partial charge is 0.469 e. The van der Waals surface area contributed by atoms with Gasteiger partial charge in [-0.3, -0.25) is 4.79 Å². The molecule has 6 nitrogen and oxygen atoms in total. The van der Waals surface area contributed by atoms with Gasteiger partial charge in [-0.2, -0.15) is 0 Å². The minimum Gasteiger partial charge on any atom is -0.469 e. The van der Waals surface area contributed by atoms with Crippen LogP contribution in [0, 0.1) is 11.3 Å². The first-order chi connectivity index (χ1) is 11.9. The van der Waals surface area contributed by atoms with E-state index < -0.39 is 20.0 Å². The molecule has 0 saturated carbocycles. The summed E-state index contributed by atoms with van der Waals surface area (Å²) in [7, 11) is -2.04. The van der Waals surface area contributed by atoms with Gasteiger partial charge < -0.3 is 9.64 Å². The zero-order valence-electron chi connectivity index (χ0n) is 16.6. The van der Waals surface area contributed by atoms with Gasteiger partial charge in [-0.15, -0.1) is 0 Å². The Bertz CT molecular complexity index is 749. The van der Waals surface area contributed by atoms with E-state index in [1.165, 1.54) is 7.11 Å². The fraction of sp³-hybridized carbons (Fsp3) is 0.684. The first-order valence-corrected chi connectivity index (χ1v) is 10.4. The highest BCUT2D eigenvalue weighted by Gasteiger charge is 2.40. The molecule has 1 aliphatic rings. The van der Waals surface area contributed by atoms with Gasteiger partial charge in [0.05, 0.1) is 29.2 Å². The minimum atomic E-state index is -3.46. The van der Waals surface area contributed by atoms with Crippen LogP contribution in [-0.4, -0.2) is 44.3 Å². The van der Waals surface area contributed by atoms with Crippen LogP contribution >= 0.6 is 0 Å². The first kappa shape index (κ1) is 20.7. The molecule has 0 amide bonds. The molecule has 0 radical (unpaired) electrons. The molecule has 146 valence electrons. The molecular formula is C19H30N2O4S. The summed E-state index contributed by atoms with van der Waals surface area (Å²) in [4.78, 5) is 18.5. The summed E-state index contributed by atoms with van der Waals surface area (Å²) in [5.74, 6) is -0.0317. The summed E-state index contributed by atoms with van der Waals surface area (Å²) >= 11 is 0. The van der Waals surface area contributed by atoms with Crippen LogP contribution in [0.5, 0.6) is 0 Å². The monoisotopic (exact) mass is 382 g/mol. The second-order valence-electron chi connectivity index (χ2n) is 8.47. The van der Waals surface area contributed by atoms with Gasteiger partial charge >= 0.3 is 5.97 Å². The van der Waals surface area contributed by atoms with Crippen molar-refractivity contribution < 1.29 is 17.9 Å². The lowest BCUT2D eigenvalue weighted by atomic mass is 9.74. The van der Waals surface area contributed by atoms with E-state index in [2.05, 4.69) is 9.88 Å². The summed E-state index contributed by atoms with van der Waals surface area (Å²) in [5, 5.41) is 0.0946. The molecule has 2 rings (SSSR count). The maximum atomic E-state index is 12.5. The Morgan fingerprint density at radius 3 is 2.38 bits per heavy atom. The van der Waals surface area contributed by atoms with Gasteiger partial charge in [0, 0.05) is 13.1 Å². The summed E-state index contributed by atoms with van der Waals surface area (Å²) in [5.41, 5.74) is 0.319. The molecule has 0 spiro atoms. The number of sulfone groups is 1. The number of nitrogens with zero attached hydrogens (tertiary/aromatic N) is 2. The van der Waals surface area contributed by atoms with E-state index in [1.807, 2.05) is 13.8 Å². The number of anilines is 1. The van der Waals surface area contributed by atoms with Crippen LogP contribution < -0.4 is 4.90 Å². The third-order valence-electron chi connectivity index (χ3n) is 5.32. The predicted molar refractivity (Wildman–Crippen MR) is 102 cm³/mol. The normalized spacial score (nSPS) is 19.3. The first-order valence-electron chi connectivity index (χ1n) is 8.95. The van der Waals surface area contributed by atoms with Crippen molar-refractivity contribution in [1.82, 2.24) is 4.98 Å². The number of aromatic nitrogens is 1. The molecule has 2 heterocycles. The van der Waals surface area contributed by atoms with E-state index in [-0.39, 0.29) is 16.9 Å². The van der Waals surface area contributed by atoms with Gasteiger partial charge in [-0.25, -0.2) is 13.4 Å². The number of carbonyl (C=O) groups is 1. The fourth-order valence-corrected chi connectivity index (χ4v) is 4.33. The second-order valence-corrected chi connectivity index (χ2v) is 11.1. The van der Waals surface area contributed by atoms with Crippen LogP contribution in [0.1, 0.15) is 47.5 Å². The van der Waals surface area contributed by atoms with Crippen molar-refractivity contribution in [1.29, 1.82) is 0 Å². The number of methoxy groups -OCH3 is 1. The van der Waals surface area contributed by atoms with Gasteiger partial charge in [0.2, 0.25) is 0 Å². The number of esters is 1. The smallest absolute Gasteiger partial charge is 0.311 e. The Morgan fingerprint density at radius 1 is 1.23 bits per heavy atom. The quantitative estimate of drug-likeness (QED) is 0.745. The molecule has 1 unspecified atom stereocenters. The van der Waals surface area contributed by atoms with Gasteiger partial charge in [0.25, 0.3) is 0 Å². The molecule has 7 heteroatoms. The molecule has 0 N–H and O–H groups in total. The summed E-state index contributed by atoms with van der Waals surface area (Å²) in [6, 6.07) is 3.38. The lowest BCUT2D eigenvalue weighted by Crippen LogP contribution is -2.45. The van der Waals surface area contributed by atoms with Crippen LogP contribution in [0.4, 0.5) is 5.69 Å². The van der Waals surface area contributed by atoms with Crippen molar-refractivity contribution in [2.75, 3.05) is 25.1 Å². The average molecular weight is 383 g/mol. The predicted octanol–water partition coefficient (Wildman–Crippen LogP) is 3.07. The van der Waals surface area contributed by atoms with Crippen molar-refractivity contribution >= 4 is 21.5 Å². The van der Waals surface area contributed by atoms with Crippen molar-refractivity contribution in [2.24, 2.45) is 11.3 Å². The van der Waals surface area contributed by atoms with E-state index >= 15 is 0 Å². The standard InChI is InChI=1S/C19H30N2O4S/c1-18(2,3)26(23,24)16-10-9-15(12-20-16)21-11-7-8-14(13-21)19(4,5)17(22)25-6/h9-10,12,14H,7-8,11,13H2,1-6H3. The number of hydrogen-bond donors (Lipinski definition) is 0. The number of carbonyl (C=O) groups excluding carboxylic acids is 1. The van der Waals surface area contributed by atoms with E-state index in [0.29, 0.717) is 0 Å². The fourth-order valence-electron chi connectivity index (χ4n) is 3.26. The van der Waals surface area contributed by atoms with Crippen LogP contribution in [-0.2, 0) is 19.4 Å². The Hall–Kier alpha value is -1.63. The molecule has 0 aromatic carbocycles. The van der Waals surface area contributed by atoms with E-state index in [4.69, 9.17) is 4.74 Å². The molecule has 1 fully saturated rings. The zero-order valence-corrected chi connectivity index (χ0v) is 17.4.